The first-order chi connectivity index (χ1) is 13.1. The van der Waals surface area contributed by atoms with Crippen LogP contribution < -0.4 is 20.1 Å². The number of carbonyl (C=O) groups excluding carboxylic acids is 1. The number of hydrogen-bond acceptors (Lipinski definition) is 5. The van der Waals surface area contributed by atoms with Gasteiger partial charge in [-0.05, 0) is 17.7 Å². The number of benzene rings is 2. The van der Waals surface area contributed by atoms with Gasteiger partial charge in [-0.25, -0.2) is 4.39 Å². The molecule has 0 aliphatic carbocycles. The summed E-state index contributed by atoms with van der Waals surface area (Å²) in [5.41, 5.74) is 1.46. The number of anilines is 1. The molecular formula is C20H25ClFN3O3. The molecule has 1 saturated heterocycles. The number of piperazine rings is 1. The Morgan fingerprint density at radius 2 is 1.93 bits per heavy atom. The summed E-state index contributed by atoms with van der Waals surface area (Å²) in [6.07, 6.45) is 0. The van der Waals surface area contributed by atoms with Gasteiger partial charge in [0.25, 0.3) is 0 Å². The highest BCUT2D eigenvalue weighted by Crippen LogP contribution is 2.26. The molecule has 152 valence electrons. The van der Waals surface area contributed by atoms with Crippen LogP contribution >= 0.6 is 12.4 Å². The smallest absolute Gasteiger partial charge is 0.238 e. The minimum Gasteiger partial charge on any atom is -0.497 e. The van der Waals surface area contributed by atoms with E-state index in [1.165, 1.54) is 12.1 Å². The summed E-state index contributed by atoms with van der Waals surface area (Å²) in [5, 5.41) is 6.19. The lowest BCUT2D eigenvalue weighted by Crippen LogP contribution is -2.48. The second-order valence-electron chi connectivity index (χ2n) is 6.39. The summed E-state index contributed by atoms with van der Waals surface area (Å²) in [5.74, 6) is 0.786. The topological polar surface area (TPSA) is 62.8 Å². The van der Waals surface area contributed by atoms with E-state index < -0.39 is 0 Å². The van der Waals surface area contributed by atoms with Crippen molar-refractivity contribution in [3.05, 3.63) is 53.8 Å². The van der Waals surface area contributed by atoms with Gasteiger partial charge in [0.2, 0.25) is 5.91 Å². The molecule has 0 bridgehead atoms. The van der Waals surface area contributed by atoms with Gasteiger partial charge in [-0.3, -0.25) is 9.69 Å². The molecule has 0 saturated carbocycles. The highest BCUT2D eigenvalue weighted by molar-refractivity contribution is 5.92. The van der Waals surface area contributed by atoms with Crippen molar-refractivity contribution >= 4 is 24.0 Å². The van der Waals surface area contributed by atoms with Gasteiger partial charge >= 0.3 is 0 Å². The maximum atomic E-state index is 13.6. The van der Waals surface area contributed by atoms with E-state index in [0.717, 1.165) is 12.1 Å². The van der Waals surface area contributed by atoms with Gasteiger partial charge < -0.3 is 20.1 Å². The number of amides is 1. The molecule has 1 aliphatic rings. The number of halogens is 2. The first-order valence-electron chi connectivity index (χ1n) is 8.82. The summed E-state index contributed by atoms with van der Waals surface area (Å²) in [4.78, 5) is 14.6. The second kappa shape index (κ2) is 10.3. The standard InChI is InChI=1S/C20H24FN3O3.ClH/c1-26-17-9-16(10-18(11-17)27-2)23-20(25)13-24-7-6-22-12-19(24)14-4-3-5-15(21)8-14;/h3-5,8-11,19,22H,6-7,12-13H2,1-2H3,(H,23,25);1H. The maximum Gasteiger partial charge on any atom is 0.238 e. The average Bonchev–Trinajstić information content (AvgIpc) is 2.68. The zero-order chi connectivity index (χ0) is 19.2. The van der Waals surface area contributed by atoms with Crippen LogP contribution in [-0.2, 0) is 4.79 Å². The molecular weight excluding hydrogens is 385 g/mol. The molecule has 2 aromatic carbocycles. The van der Waals surface area contributed by atoms with E-state index in [9.17, 15) is 9.18 Å². The van der Waals surface area contributed by atoms with E-state index >= 15 is 0 Å². The number of hydrogen-bond donors (Lipinski definition) is 2. The molecule has 1 amide bonds. The van der Waals surface area contributed by atoms with Crippen molar-refractivity contribution in [1.29, 1.82) is 0 Å². The summed E-state index contributed by atoms with van der Waals surface area (Å²) < 4.78 is 24.1. The monoisotopic (exact) mass is 409 g/mol. The van der Waals surface area contributed by atoms with Crippen LogP contribution in [0.15, 0.2) is 42.5 Å². The van der Waals surface area contributed by atoms with Crippen LogP contribution in [0.2, 0.25) is 0 Å². The van der Waals surface area contributed by atoms with E-state index in [-0.39, 0.29) is 36.7 Å². The lowest BCUT2D eigenvalue weighted by molar-refractivity contribution is -0.118. The second-order valence-corrected chi connectivity index (χ2v) is 6.39. The largest absolute Gasteiger partial charge is 0.497 e. The summed E-state index contributed by atoms with van der Waals surface area (Å²) in [6, 6.07) is 11.7. The number of carbonyl (C=O) groups is 1. The van der Waals surface area contributed by atoms with E-state index in [2.05, 4.69) is 15.5 Å². The molecule has 0 aromatic heterocycles. The molecule has 1 fully saturated rings. The molecule has 1 atom stereocenters. The number of nitrogens with one attached hydrogen (secondary N) is 2. The third-order valence-electron chi connectivity index (χ3n) is 4.57. The molecule has 1 aliphatic heterocycles. The first-order valence-corrected chi connectivity index (χ1v) is 8.82. The minimum atomic E-state index is -0.272. The Morgan fingerprint density at radius 1 is 1.21 bits per heavy atom. The summed E-state index contributed by atoms with van der Waals surface area (Å²) in [7, 11) is 3.12. The fourth-order valence-electron chi connectivity index (χ4n) is 3.24. The van der Waals surface area contributed by atoms with Gasteiger partial charge in [0, 0.05) is 49.6 Å². The van der Waals surface area contributed by atoms with E-state index in [1.54, 1.807) is 38.5 Å². The Morgan fingerprint density at radius 3 is 2.57 bits per heavy atom. The molecule has 2 aromatic rings. The molecule has 3 rings (SSSR count). The number of ether oxygens (including phenoxy) is 2. The molecule has 1 heterocycles. The van der Waals surface area contributed by atoms with E-state index in [4.69, 9.17) is 9.47 Å². The van der Waals surface area contributed by atoms with Crippen LogP contribution in [0.3, 0.4) is 0 Å². The normalized spacial score (nSPS) is 16.8. The lowest BCUT2D eigenvalue weighted by atomic mass is 10.0. The molecule has 6 nitrogen and oxygen atoms in total. The maximum absolute atomic E-state index is 13.6. The van der Waals surface area contributed by atoms with Gasteiger partial charge in [-0.1, -0.05) is 12.1 Å². The predicted molar refractivity (Wildman–Crippen MR) is 109 cm³/mol. The Hall–Kier alpha value is -2.35. The molecule has 0 spiro atoms. The van der Waals surface area contributed by atoms with Crippen molar-refractivity contribution in [2.24, 2.45) is 0 Å². The zero-order valence-electron chi connectivity index (χ0n) is 15.9. The third kappa shape index (κ3) is 5.58. The lowest BCUT2D eigenvalue weighted by Gasteiger charge is -2.36. The predicted octanol–water partition coefficient (Wildman–Crippen LogP) is 2.85. The van der Waals surface area contributed by atoms with Crippen LogP contribution in [0.25, 0.3) is 0 Å². The molecule has 28 heavy (non-hydrogen) atoms. The number of rotatable bonds is 6. The van der Waals surface area contributed by atoms with Crippen LogP contribution in [0, 0.1) is 5.82 Å². The summed E-state index contributed by atoms with van der Waals surface area (Å²) >= 11 is 0. The SMILES string of the molecule is COc1cc(NC(=O)CN2CCNCC2c2cccc(F)c2)cc(OC)c1.Cl. The van der Waals surface area contributed by atoms with Crippen LogP contribution in [-0.4, -0.2) is 51.2 Å². The molecule has 8 heteroatoms. The van der Waals surface area contributed by atoms with Crippen molar-refractivity contribution in [3.63, 3.8) is 0 Å². The molecule has 2 N–H and O–H groups in total. The van der Waals surface area contributed by atoms with Crippen molar-refractivity contribution in [1.82, 2.24) is 10.2 Å². The van der Waals surface area contributed by atoms with Crippen LogP contribution in [0.1, 0.15) is 11.6 Å². The van der Waals surface area contributed by atoms with E-state index in [1.807, 2.05) is 6.07 Å². The van der Waals surface area contributed by atoms with Gasteiger partial charge in [0.15, 0.2) is 0 Å². The Kier molecular flexibility index (Phi) is 8.04. The van der Waals surface area contributed by atoms with E-state index in [0.29, 0.717) is 30.3 Å². The molecule has 0 radical (unpaired) electrons. The van der Waals surface area contributed by atoms with Crippen molar-refractivity contribution in [2.75, 3.05) is 45.7 Å². The Bertz CT molecular complexity index is 784. The summed E-state index contributed by atoms with van der Waals surface area (Å²) in [6.45, 7) is 2.37. The fourth-order valence-corrected chi connectivity index (χ4v) is 3.24. The zero-order valence-corrected chi connectivity index (χ0v) is 16.7. The minimum absolute atomic E-state index is 0. The van der Waals surface area contributed by atoms with Crippen molar-refractivity contribution in [2.45, 2.75) is 6.04 Å². The Labute approximate surface area is 170 Å². The van der Waals surface area contributed by atoms with Gasteiger partial charge in [0.05, 0.1) is 20.8 Å². The molecule has 1 unspecified atom stereocenters. The average molecular weight is 410 g/mol. The van der Waals surface area contributed by atoms with Gasteiger partial charge in [0.1, 0.15) is 17.3 Å². The fraction of sp³-hybridized carbons (Fsp3) is 0.350. The first kappa shape index (κ1) is 21.9. The third-order valence-corrected chi connectivity index (χ3v) is 4.57. The van der Waals surface area contributed by atoms with Gasteiger partial charge in [-0.15, -0.1) is 12.4 Å². The van der Waals surface area contributed by atoms with Crippen molar-refractivity contribution in [3.8, 4) is 11.5 Å². The highest BCUT2D eigenvalue weighted by atomic mass is 35.5. The van der Waals surface area contributed by atoms with Crippen LogP contribution in [0.5, 0.6) is 11.5 Å². The highest BCUT2D eigenvalue weighted by Gasteiger charge is 2.25. The van der Waals surface area contributed by atoms with Crippen LogP contribution in [0.4, 0.5) is 10.1 Å². The number of nitrogens with zero attached hydrogens (tertiary/aromatic N) is 1. The quantitative estimate of drug-likeness (QED) is 0.768. The van der Waals surface area contributed by atoms with Gasteiger partial charge in [-0.2, -0.15) is 0 Å². The van der Waals surface area contributed by atoms with Crippen molar-refractivity contribution < 1.29 is 18.7 Å². The number of methoxy groups -OCH3 is 2. The Balaban J connectivity index is 0.00000280.